The highest BCUT2D eigenvalue weighted by atomic mass is 32.2. The van der Waals surface area contributed by atoms with E-state index in [1.807, 2.05) is 35.2 Å². The van der Waals surface area contributed by atoms with E-state index in [1.165, 1.54) is 10.6 Å². The van der Waals surface area contributed by atoms with E-state index < -0.39 is 16.1 Å². The van der Waals surface area contributed by atoms with E-state index in [0.717, 1.165) is 5.56 Å². The Kier molecular flexibility index (Phi) is 6.69. The van der Waals surface area contributed by atoms with E-state index in [2.05, 4.69) is 10.6 Å². The molecule has 28 heavy (non-hydrogen) atoms. The van der Waals surface area contributed by atoms with Crippen molar-refractivity contribution in [1.82, 2.24) is 19.8 Å². The van der Waals surface area contributed by atoms with Crippen LogP contribution in [0.2, 0.25) is 0 Å². The fraction of sp³-hybridized carbons (Fsp3) is 0.579. The minimum Gasteiger partial charge on any atom is -0.353 e. The van der Waals surface area contributed by atoms with Gasteiger partial charge in [0.2, 0.25) is 21.8 Å². The summed E-state index contributed by atoms with van der Waals surface area (Å²) in [6, 6.07) is 9.35. The monoisotopic (exact) mass is 408 g/mol. The van der Waals surface area contributed by atoms with Gasteiger partial charge >= 0.3 is 0 Å². The molecule has 2 saturated heterocycles. The summed E-state index contributed by atoms with van der Waals surface area (Å²) in [6.07, 6.45) is 2.48. The van der Waals surface area contributed by atoms with Crippen LogP contribution in [0.25, 0.3) is 0 Å². The van der Waals surface area contributed by atoms with Crippen molar-refractivity contribution in [2.45, 2.75) is 37.9 Å². The van der Waals surface area contributed by atoms with Gasteiger partial charge in [-0.05, 0) is 18.4 Å². The summed E-state index contributed by atoms with van der Waals surface area (Å²) in [6.45, 7) is 2.72. The molecule has 0 unspecified atom stereocenters. The summed E-state index contributed by atoms with van der Waals surface area (Å²) in [5, 5.41) is 5.82. The molecule has 2 aliphatic rings. The average Bonchev–Trinajstić information content (AvgIpc) is 2.65. The summed E-state index contributed by atoms with van der Waals surface area (Å²) in [5.74, 6) is -0.290. The molecular weight excluding hydrogens is 380 g/mol. The van der Waals surface area contributed by atoms with Gasteiger partial charge < -0.3 is 10.6 Å². The second-order valence-corrected chi connectivity index (χ2v) is 9.45. The molecule has 0 saturated carbocycles. The Bertz CT molecular complexity index is 791. The van der Waals surface area contributed by atoms with Crippen LogP contribution in [0.5, 0.6) is 0 Å². The molecule has 8 nitrogen and oxygen atoms in total. The van der Waals surface area contributed by atoms with Crippen LogP contribution in [0.3, 0.4) is 0 Å². The number of hydrogen-bond donors (Lipinski definition) is 2. The topological polar surface area (TPSA) is 98.8 Å². The van der Waals surface area contributed by atoms with Crippen molar-refractivity contribution in [3.63, 3.8) is 0 Å². The third-order valence-corrected chi connectivity index (χ3v) is 6.64. The molecular formula is C19H28N4O4S. The van der Waals surface area contributed by atoms with Gasteiger partial charge in [-0.15, -0.1) is 0 Å². The molecule has 0 spiro atoms. The number of carbonyl (C=O) groups is 2. The van der Waals surface area contributed by atoms with Crippen molar-refractivity contribution in [2.75, 3.05) is 32.4 Å². The van der Waals surface area contributed by atoms with Crippen molar-refractivity contribution < 1.29 is 18.0 Å². The molecule has 2 fully saturated rings. The van der Waals surface area contributed by atoms with Crippen molar-refractivity contribution >= 4 is 21.8 Å². The molecule has 2 N–H and O–H groups in total. The van der Waals surface area contributed by atoms with Gasteiger partial charge in [0, 0.05) is 38.8 Å². The molecule has 0 bridgehead atoms. The Labute approximate surface area is 166 Å². The van der Waals surface area contributed by atoms with Gasteiger partial charge in [-0.3, -0.25) is 14.5 Å². The number of piperidine rings is 1. The molecule has 0 aromatic heterocycles. The van der Waals surface area contributed by atoms with Gasteiger partial charge in [-0.1, -0.05) is 30.3 Å². The first kappa shape index (κ1) is 20.8. The van der Waals surface area contributed by atoms with E-state index in [-0.39, 0.29) is 24.3 Å². The fourth-order valence-electron chi connectivity index (χ4n) is 3.79. The highest BCUT2D eigenvalue weighted by Gasteiger charge is 2.33. The number of nitrogens with one attached hydrogen (secondary N) is 2. The van der Waals surface area contributed by atoms with Gasteiger partial charge in [0.25, 0.3) is 0 Å². The highest BCUT2D eigenvalue weighted by molar-refractivity contribution is 7.88. The fourth-order valence-corrected chi connectivity index (χ4v) is 4.66. The molecule has 2 aliphatic heterocycles. The van der Waals surface area contributed by atoms with Crippen LogP contribution >= 0.6 is 0 Å². The van der Waals surface area contributed by atoms with Crippen LogP contribution in [0, 0.1) is 0 Å². The quantitative estimate of drug-likeness (QED) is 0.686. The van der Waals surface area contributed by atoms with Gasteiger partial charge in [0.15, 0.2) is 0 Å². The Morgan fingerprint density at radius 3 is 2.50 bits per heavy atom. The van der Waals surface area contributed by atoms with Gasteiger partial charge in [0.1, 0.15) is 0 Å². The highest BCUT2D eigenvalue weighted by Crippen LogP contribution is 2.16. The Morgan fingerprint density at radius 1 is 1.18 bits per heavy atom. The Hall–Kier alpha value is -1.97. The summed E-state index contributed by atoms with van der Waals surface area (Å²) in [7, 11) is -3.18. The normalized spacial score (nSPS) is 22.6. The molecule has 9 heteroatoms. The van der Waals surface area contributed by atoms with Crippen molar-refractivity contribution in [2.24, 2.45) is 0 Å². The van der Waals surface area contributed by atoms with Crippen LogP contribution in [-0.2, 0) is 26.2 Å². The zero-order valence-corrected chi connectivity index (χ0v) is 17.0. The average molecular weight is 409 g/mol. The van der Waals surface area contributed by atoms with Crippen molar-refractivity contribution in [1.29, 1.82) is 0 Å². The first-order chi connectivity index (χ1) is 13.3. The Morgan fingerprint density at radius 2 is 1.86 bits per heavy atom. The van der Waals surface area contributed by atoms with E-state index in [1.54, 1.807) is 0 Å². The van der Waals surface area contributed by atoms with E-state index in [4.69, 9.17) is 0 Å². The van der Waals surface area contributed by atoms with Crippen molar-refractivity contribution in [3.8, 4) is 0 Å². The maximum Gasteiger partial charge on any atom is 0.237 e. The number of piperazine rings is 1. The number of benzene rings is 1. The summed E-state index contributed by atoms with van der Waals surface area (Å²) in [5.41, 5.74) is 1.11. The molecule has 3 rings (SSSR count). The third-order valence-electron chi connectivity index (χ3n) is 5.34. The number of sulfonamides is 1. The van der Waals surface area contributed by atoms with Crippen LogP contribution in [0.15, 0.2) is 30.3 Å². The maximum absolute atomic E-state index is 12.6. The molecule has 154 valence electrons. The first-order valence-corrected chi connectivity index (χ1v) is 11.5. The lowest BCUT2D eigenvalue weighted by atomic mass is 10.0. The van der Waals surface area contributed by atoms with E-state index in [9.17, 15) is 18.0 Å². The zero-order valence-electron chi connectivity index (χ0n) is 16.1. The smallest absolute Gasteiger partial charge is 0.237 e. The standard InChI is InChI=1S/C19H28N4O4S/c1-28(26,27)23-10-7-16(8-11-23)21-18(24)13-17-19(25)20-9-12-22(17)14-15-5-3-2-4-6-15/h2-6,16-17H,7-14H2,1H3,(H,20,25)(H,21,24)/t17-/m1/s1. The van der Waals surface area contributed by atoms with E-state index in [0.29, 0.717) is 45.6 Å². The van der Waals surface area contributed by atoms with E-state index >= 15 is 0 Å². The maximum atomic E-state index is 12.6. The predicted molar refractivity (Wildman–Crippen MR) is 106 cm³/mol. The molecule has 2 heterocycles. The second kappa shape index (κ2) is 9.02. The van der Waals surface area contributed by atoms with Gasteiger partial charge in [-0.2, -0.15) is 0 Å². The number of hydrogen-bond acceptors (Lipinski definition) is 5. The van der Waals surface area contributed by atoms with Gasteiger partial charge in [-0.25, -0.2) is 12.7 Å². The van der Waals surface area contributed by atoms with Gasteiger partial charge in [0.05, 0.1) is 18.7 Å². The van der Waals surface area contributed by atoms with Crippen LogP contribution in [0.1, 0.15) is 24.8 Å². The SMILES string of the molecule is CS(=O)(=O)N1CCC(NC(=O)C[C@@H]2C(=O)NCCN2Cc2ccccc2)CC1. The largest absolute Gasteiger partial charge is 0.353 e. The molecule has 0 aliphatic carbocycles. The minimum atomic E-state index is -3.18. The van der Waals surface area contributed by atoms with Crippen LogP contribution < -0.4 is 10.6 Å². The number of rotatable bonds is 6. The lowest BCUT2D eigenvalue weighted by molar-refractivity contribution is -0.134. The molecule has 1 aromatic carbocycles. The summed E-state index contributed by atoms with van der Waals surface area (Å²) >= 11 is 0. The lowest BCUT2D eigenvalue weighted by Gasteiger charge is -2.35. The van der Waals surface area contributed by atoms with Crippen molar-refractivity contribution in [3.05, 3.63) is 35.9 Å². The number of nitrogens with zero attached hydrogens (tertiary/aromatic N) is 2. The zero-order chi connectivity index (χ0) is 20.1. The molecule has 2 amide bonds. The second-order valence-electron chi connectivity index (χ2n) is 7.47. The predicted octanol–water partition coefficient (Wildman–Crippen LogP) is -0.0827. The number of amides is 2. The summed E-state index contributed by atoms with van der Waals surface area (Å²) < 4.78 is 24.6. The molecule has 0 radical (unpaired) electrons. The molecule has 1 atom stereocenters. The first-order valence-electron chi connectivity index (χ1n) is 9.63. The Balaban J connectivity index is 1.54. The van der Waals surface area contributed by atoms with Crippen LogP contribution in [-0.4, -0.2) is 74.0 Å². The number of carbonyl (C=O) groups excluding carboxylic acids is 2. The minimum absolute atomic E-state index is 0.0558. The van der Waals surface area contributed by atoms with Crippen LogP contribution in [0.4, 0.5) is 0 Å². The third kappa shape index (κ3) is 5.52. The lowest BCUT2D eigenvalue weighted by Crippen LogP contribution is -2.56. The molecule has 1 aromatic rings. The summed E-state index contributed by atoms with van der Waals surface area (Å²) in [4.78, 5) is 27.0.